The number of hydrogen-bond donors (Lipinski definition) is 0. The topological polar surface area (TPSA) is 0 Å². The van der Waals surface area contributed by atoms with Gasteiger partial charge in [-0.1, -0.05) is 12.2 Å². The Hall–Kier alpha value is -0.990. The molecule has 0 aromatic heterocycles. The van der Waals surface area contributed by atoms with E-state index in [2.05, 4.69) is 0 Å². The smallest absolute Gasteiger partial charge is 0.165 e. The van der Waals surface area contributed by atoms with Crippen molar-refractivity contribution in [1.82, 2.24) is 0 Å². The Morgan fingerprint density at radius 1 is 1.00 bits per heavy atom. The quantitative estimate of drug-likeness (QED) is 0.489. The van der Waals surface area contributed by atoms with Gasteiger partial charge in [0.15, 0.2) is 17.8 Å². The SMILES string of the molecule is FC1=C2C=CC(=C1F)C2F. The Labute approximate surface area is 55.3 Å². The normalized spacial score (nSPS) is 23.9. The summed E-state index contributed by atoms with van der Waals surface area (Å²) in [5.74, 6) is -2.07. The van der Waals surface area contributed by atoms with Crippen LogP contribution in [0.25, 0.3) is 0 Å². The van der Waals surface area contributed by atoms with Crippen LogP contribution in [0.5, 0.6) is 0 Å². The van der Waals surface area contributed by atoms with Crippen LogP contribution in [-0.2, 0) is 0 Å². The first-order valence-corrected chi connectivity index (χ1v) is 2.83. The molecule has 0 fully saturated rings. The molecule has 0 radical (unpaired) electrons. The van der Waals surface area contributed by atoms with Gasteiger partial charge in [0.25, 0.3) is 0 Å². The summed E-state index contributed by atoms with van der Waals surface area (Å²) in [6.07, 6.45) is 0.969. The Bertz CT molecular complexity index is 250. The van der Waals surface area contributed by atoms with Gasteiger partial charge in [-0.25, -0.2) is 13.2 Å². The van der Waals surface area contributed by atoms with Crippen molar-refractivity contribution >= 4 is 0 Å². The van der Waals surface area contributed by atoms with E-state index in [0.29, 0.717) is 0 Å². The van der Waals surface area contributed by atoms with Crippen LogP contribution in [0.4, 0.5) is 13.2 Å². The molecule has 0 aliphatic heterocycles. The molecule has 2 aliphatic rings. The minimum atomic E-state index is -1.56. The summed E-state index contributed by atoms with van der Waals surface area (Å²) >= 11 is 0. The van der Waals surface area contributed by atoms with Crippen molar-refractivity contribution in [2.45, 2.75) is 6.17 Å². The minimum Gasteiger partial charge on any atom is -0.237 e. The third-order valence-corrected chi connectivity index (χ3v) is 1.69. The molecule has 0 saturated carbocycles. The standard InChI is InChI=1S/C7H3F3/c8-5-3-1-2-4(5)7(10)6(3)9/h1-2,5H. The van der Waals surface area contributed by atoms with Gasteiger partial charge in [-0.05, 0) is 0 Å². The van der Waals surface area contributed by atoms with E-state index in [1.807, 2.05) is 0 Å². The van der Waals surface area contributed by atoms with Crippen molar-refractivity contribution in [3.05, 3.63) is 35.0 Å². The fourth-order valence-corrected chi connectivity index (χ4v) is 1.14. The predicted molar refractivity (Wildman–Crippen MR) is 30.3 cm³/mol. The summed E-state index contributed by atoms with van der Waals surface area (Å²) in [4.78, 5) is 0. The van der Waals surface area contributed by atoms with Crippen LogP contribution in [0.15, 0.2) is 35.0 Å². The van der Waals surface area contributed by atoms with Gasteiger partial charge in [0.05, 0.1) is 0 Å². The molecule has 3 heteroatoms. The van der Waals surface area contributed by atoms with Gasteiger partial charge in [-0.2, -0.15) is 0 Å². The average Bonchev–Trinajstić information content (AvgIpc) is 2.34. The fraction of sp³-hybridized carbons (Fsp3) is 0.143. The molecular weight excluding hydrogens is 141 g/mol. The lowest BCUT2D eigenvalue weighted by molar-refractivity contribution is 0.449. The highest BCUT2D eigenvalue weighted by atomic mass is 19.2. The van der Waals surface area contributed by atoms with E-state index in [9.17, 15) is 13.2 Å². The van der Waals surface area contributed by atoms with Crippen molar-refractivity contribution in [2.24, 2.45) is 0 Å². The number of hydrogen-bond acceptors (Lipinski definition) is 0. The number of rotatable bonds is 0. The zero-order chi connectivity index (χ0) is 7.30. The Balaban J connectivity index is 2.66. The van der Waals surface area contributed by atoms with Gasteiger partial charge < -0.3 is 0 Å². The summed E-state index contributed by atoms with van der Waals surface area (Å²) in [5.41, 5.74) is -0.347. The fourth-order valence-electron chi connectivity index (χ4n) is 1.14. The number of allylic oxidation sites excluding steroid dienone is 6. The molecule has 0 aromatic carbocycles. The molecular formula is C7H3F3. The second-order valence-electron chi connectivity index (χ2n) is 2.23. The molecule has 0 saturated heterocycles. The van der Waals surface area contributed by atoms with E-state index < -0.39 is 17.8 Å². The Kier molecular flexibility index (Phi) is 0.886. The van der Waals surface area contributed by atoms with E-state index in [1.165, 1.54) is 12.2 Å². The van der Waals surface area contributed by atoms with Crippen molar-refractivity contribution in [2.75, 3.05) is 0 Å². The maximum atomic E-state index is 12.6. The van der Waals surface area contributed by atoms with E-state index in [0.717, 1.165) is 0 Å². The van der Waals surface area contributed by atoms with E-state index in [-0.39, 0.29) is 11.1 Å². The maximum absolute atomic E-state index is 12.6. The summed E-state index contributed by atoms with van der Waals surface area (Å²) < 4.78 is 37.5. The summed E-state index contributed by atoms with van der Waals surface area (Å²) in [5, 5.41) is 0. The van der Waals surface area contributed by atoms with Gasteiger partial charge in [0.1, 0.15) is 0 Å². The Morgan fingerprint density at radius 3 is 1.60 bits per heavy atom. The van der Waals surface area contributed by atoms with E-state index in [1.54, 1.807) is 0 Å². The number of alkyl halides is 1. The van der Waals surface area contributed by atoms with Crippen molar-refractivity contribution in [3.63, 3.8) is 0 Å². The van der Waals surface area contributed by atoms with Crippen LogP contribution in [0.1, 0.15) is 0 Å². The molecule has 2 rings (SSSR count). The molecule has 10 heavy (non-hydrogen) atoms. The third kappa shape index (κ3) is 0.439. The highest BCUT2D eigenvalue weighted by molar-refractivity contribution is 5.59. The Morgan fingerprint density at radius 2 is 1.40 bits per heavy atom. The summed E-state index contributed by atoms with van der Waals surface area (Å²) in [7, 11) is 0. The lowest BCUT2D eigenvalue weighted by Crippen LogP contribution is -1.93. The molecule has 0 spiro atoms. The first-order chi connectivity index (χ1) is 4.72. The number of fused-ring (bicyclic) bond motifs is 2. The third-order valence-electron chi connectivity index (χ3n) is 1.69. The highest BCUT2D eigenvalue weighted by Crippen LogP contribution is 2.42. The maximum Gasteiger partial charge on any atom is 0.165 e. The lowest BCUT2D eigenvalue weighted by atomic mass is 10.2. The molecule has 0 nitrogen and oxygen atoms in total. The van der Waals surface area contributed by atoms with Gasteiger partial charge in [0, 0.05) is 11.1 Å². The van der Waals surface area contributed by atoms with Crippen LogP contribution < -0.4 is 0 Å². The number of halogens is 3. The van der Waals surface area contributed by atoms with Crippen LogP contribution in [0, 0.1) is 0 Å². The van der Waals surface area contributed by atoms with Gasteiger partial charge in [-0.15, -0.1) is 0 Å². The van der Waals surface area contributed by atoms with Crippen molar-refractivity contribution < 1.29 is 13.2 Å². The molecule has 0 unspecified atom stereocenters. The molecule has 2 aliphatic carbocycles. The van der Waals surface area contributed by atoms with Crippen LogP contribution >= 0.6 is 0 Å². The summed E-state index contributed by atoms with van der Waals surface area (Å²) in [6, 6.07) is 0. The zero-order valence-corrected chi connectivity index (χ0v) is 4.87. The van der Waals surface area contributed by atoms with E-state index >= 15 is 0 Å². The molecule has 0 N–H and O–H groups in total. The van der Waals surface area contributed by atoms with Crippen LogP contribution in [0.2, 0.25) is 0 Å². The first-order valence-electron chi connectivity index (χ1n) is 2.83. The minimum absolute atomic E-state index is 0.174. The van der Waals surface area contributed by atoms with Gasteiger partial charge >= 0.3 is 0 Å². The first kappa shape index (κ1) is 5.77. The van der Waals surface area contributed by atoms with Gasteiger partial charge in [0.2, 0.25) is 0 Å². The molecule has 52 valence electrons. The van der Waals surface area contributed by atoms with Crippen LogP contribution in [0.3, 0.4) is 0 Å². The molecule has 0 atom stereocenters. The van der Waals surface area contributed by atoms with Crippen LogP contribution in [-0.4, -0.2) is 6.17 Å². The molecule has 2 bridgehead atoms. The zero-order valence-electron chi connectivity index (χ0n) is 4.87. The van der Waals surface area contributed by atoms with Crippen molar-refractivity contribution in [1.29, 1.82) is 0 Å². The molecule has 0 amide bonds. The predicted octanol–water partition coefficient (Wildman–Crippen LogP) is 2.36. The van der Waals surface area contributed by atoms with Gasteiger partial charge in [-0.3, -0.25) is 0 Å². The largest absolute Gasteiger partial charge is 0.237 e. The summed E-state index contributed by atoms with van der Waals surface area (Å²) in [6.45, 7) is 0. The van der Waals surface area contributed by atoms with Crippen molar-refractivity contribution in [3.8, 4) is 0 Å². The average molecular weight is 144 g/mol. The second-order valence-corrected chi connectivity index (χ2v) is 2.23. The second kappa shape index (κ2) is 1.54. The molecule has 0 heterocycles. The monoisotopic (exact) mass is 144 g/mol. The molecule has 0 aromatic rings. The van der Waals surface area contributed by atoms with E-state index in [4.69, 9.17) is 0 Å². The lowest BCUT2D eigenvalue weighted by Gasteiger charge is -1.91. The highest BCUT2D eigenvalue weighted by Gasteiger charge is 2.36.